The number of hydrogen-bond acceptors (Lipinski definition) is 7. The van der Waals surface area contributed by atoms with Crippen molar-refractivity contribution in [2.75, 3.05) is 0 Å². The lowest BCUT2D eigenvalue weighted by molar-refractivity contribution is -0.158. The van der Waals surface area contributed by atoms with Crippen LogP contribution < -0.4 is 10.1 Å². The summed E-state index contributed by atoms with van der Waals surface area (Å²) >= 11 is 0. The predicted molar refractivity (Wildman–Crippen MR) is 120 cm³/mol. The fourth-order valence-corrected chi connectivity index (χ4v) is 2.98. The summed E-state index contributed by atoms with van der Waals surface area (Å²) in [6.45, 7) is 5.74. The highest BCUT2D eigenvalue weighted by Crippen LogP contribution is 2.19. The Kier molecular flexibility index (Phi) is 8.40. The Balaban J connectivity index is 1.54. The molecule has 174 valence electrons. The van der Waals surface area contributed by atoms with Gasteiger partial charge in [0.25, 0.3) is 0 Å². The number of esters is 1. The zero-order valence-corrected chi connectivity index (χ0v) is 18.9. The highest BCUT2D eigenvalue weighted by Gasteiger charge is 2.27. The van der Waals surface area contributed by atoms with Gasteiger partial charge < -0.3 is 19.5 Å². The van der Waals surface area contributed by atoms with E-state index in [0.29, 0.717) is 6.61 Å². The molecule has 3 rings (SSSR count). The van der Waals surface area contributed by atoms with Crippen molar-refractivity contribution in [1.82, 2.24) is 20.1 Å². The minimum absolute atomic E-state index is 0.000798. The van der Waals surface area contributed by atoms with E-state index in [2.05, 4.69) is 15.4 Å². The van der Waals surface area contributed by atoms with Crippen LogP contribution in [0, 0.1) is 0 Å². The Morgan fingerprint density at radius 1 is 1.00 bits per heavy atom. The molecule has 0 aliphatic carbocycles. The summed E-state index contributed by atoms with van der Waals surface area (Å²) < 4.78 is 17.7. The molecule has 3 aromatic rings. The van der Waals surface area contributed by atoms with E-state index in [1.807, 2.05) is 61.5 Å². The van der Waals surface area contributed by atoms with E-state index < -0.39 is 18.2 Å². The Morgan fingerprint density at radius 2 is 1.73 bits per heavy atom. The number of amides is 1. The van der Waals surface area contributed by atoms with Crippen LogP contribution in [0.2, 0.25) is 0 Å². The molecule has 0 spiro atoms. The van der Waals surface area contributed by atoms with Gasteiger partial charge in [-0.15, -0.1) is 0 Å². The minimum atomic E-state index is -1.16. The third kappa shape index (κ3) is 7.64. The Morgan fingerprint density at radius 3 is 2.36 bits per heavy atom. The largest absolute Gasteiger partial charge is 0.489 e. The highest BCUT2D eigenvalue weighted by atomic mass is 16.6. The lowest BCUT2D eigenvalue weighted by atomic mass is 10.1. The minimum Gasteiger partial charge on any atom is -0.489 e. The van der Waals surface area contributed by atoms with Gasteiger partial charge in [0, 0.05) is 0 Å². The number of ether oxygens (including phenoxy) is 3. The van der Waals surface area contributed by atoms with Crippen molar-refractivity contribution in [3.63, 3.8) is 0 Å². The molecule has 1 unspecified atom stereocenters. The van der Waals surface area contributed by atoms with E-state index in [1.165, 1.54) is 17.3 Å². The molecular formula is C24H28N4O5. The van der Waals surface area contributed by atoms with Gasteiger partial charge in [0.2, 0.25) is 6.10 Å². The number of rotatable bonds is 10. The van der Waals surface area contributed by atoms with Crippen molar-refractivity contribution in [2.24, 2.45) is 0 Å². The standard InChI is InChI=1S/C24H28N4O5/c1-17(2)32-23(29)22(13-28-16-25-15-26-28)33-24(30)27-18(3)20-9-11-21(12-10-20)31-14-19-7-5-4-6-8-19/h4-12,15-18,22H,13-14H2,1-3H3,(H,27,30)/t18-,22?/m0/s1. The van der Waals surface area contributed by atoms with Crippen LogP contribution in [0.4, 0.5) is 4.79 Å². The molecule has 1 aromatic heterocycles. The lowest BCUT2D eigenvalue weighted by Gasteiger charge is -2.20. The number of nitrogens with zero attached hydrogens (tertiary/aromatic N) is 3. The summed E-state index contributed by atoms with van der Waals surface area (Å²) in [6, 6.07) is 17.0. The first-order valence-corrected chi connectivity index (χ1v) is 10.7. The monoisotopic (exact) mass is 452 g/mol. The summed E-state index contributed by atoms with van der Waals surface area (Å²) in [4.78, 5) is 28.7. The van der Waals surface area contributed by atoms with Crippen molar-refractivity contribution in [2.45, 2.75) is 52.2 Å². The van der Waals surface area contributed by atoms with Crippen LogP contribution in [0.1, 0.15) is 37.9 Å². The summed E-state index contributed by atoms with van der Waals surface area (Å²) in [7, 11) is 0. The molecule has 2 atom stereocenters. The molecule has 0 saturated carbocycles. The number of hydrogen-bond donors (Lipinski definition) is 1. The van der Waals surface area contributed by atoms with Crippen LogP contribution in [0.15, 0.2) is 67.3 Å². The van der Waals surface area contributed by atoms with Crippen molar-refractivity contribution in [3.8, 4) is 5.75 Å². The molecule has 0 aliphatic heterocycles. The molecule has 1 heterocycles. The first kappa shape index (κ1) is 23.8. The van der Waals surface area contributed by atoms with Gasteiger partial charge in [-0.3, -0.25) is 0 Å². The van der Waals surface area contributed by atoms with Crippen molar-refractivity contribution < 1.29 is 23.8 Å². The SMILES string of the molecule is CC(C)OC(=O)C(Cn1cncn1)OC(=O)N[C@@H](C)c1ccc(OCc2ccccc2)cc1. The van der Waals surface area contributed by atoms with Crippen LogP contribution in [0.25, 0.3) is 0 Å². The van der Waals surface area contributed by atoms with Gasteiger partial charge in [-0.1, -0.05) is 42.5 Å². The van der Waals surface area contributed by atoms with Crippen LogP contribution in [-0.2, 0) is 27.4 Å². The van der Waals surface area contributed by atoms with Gasteiger partial charge in [-0.25, -0.2) is 19.3 Å². The van der Waals surface area contributed by atoms with E-state index in [4.69, 9.17) is 14.2 Å². The second-order valence-corrected chi connectivity index (χ2v) is 7.71. The average molecular weight is 453 g/mol. The first-order valence-electron chi connectivity index (χ1n) is 10.7. The van der Waals surface area contributed by atoms with E-state index in [-0.39, 0.29) is 18.7 Å². The predicted octanol–water partition coefficient (Wildman–Crippen LogP) is 3.66. The molecule has 1 amide bonds. The molecule has 0 bridgehead atoms. The molecule has 0 fully saturated rings. The van der Waals surface area contributed by atoms with E-state index >= 15 is 0 Å². The summed E-state index contributed by atoms with van der Waals surface area (Å²) in [5.41, 5.74) is 1.94. The van der Waals surface area contributed by atoms with Crippen molar-refractivity contribution in [3.05, 3.63) is 78.4 Å². The number of alkyl carbamates (subject to hydrolysis) is 1. The lowest BCUT2D eigenvalue weighted by Crippen LogP contribution is -2.38. The smallest absolute Gasteiger partial charge is 0.408 e. The quantitative estimate of drug-likeness (QED) is 0.468. The van der Waals surface area contributed by atoms with Crippen LogP contribution in [0.5, 0.6) is 5.75 Å². The van der Waals surface area contributed by atoms with E-state index in [0.717, 1.165) is 16.9 Å². The first-order chi connectivity index (χ1) is 15.9. The molecular weight excluding hydrogens is 424 g/mol. The normalized spacial score (nSPS) is 12.6. The van der Waals surface area contributed by atoms with Gasteiger partial charge in [-0.2, -0.15) is 5.10 Å². The van der Waals surface area contributed by atoms with Crippen molar-refractivity contribution in [1.29, 1.82) is 0 Å². The number of carbonyl (C=O) groups is 2. The number of nitrogens with one attached hydrogen (secondary N) is 1. The maximum absolute atomic E-state index is 12.5. The van der Waals surface area contributed by atoms with Gasteiger partial charge in [0.1, 0.15) is 25.0 Å². The number of carbonyl (C=O) groups excluding carboxylic acids is 2. The fraction of sp³-hybridized carbons (Fsp3) is 0.333. The summed E-state index contributed by atoms with van der Waals surface area (Å²) in [5.74, 6) is 0.0740. The van der Waals surface area contributed by atoms with Crippen LogP contribution in [0.3, 0.4) is 0 Å². The Labute approximate surface area is 192 Å². The van der Waals surface area contributed by atoms with Gasteiger partial charge in [0.05, 0.1) is 18.7 Å². The number of aromatic nitrogens is 3. The molecule has 0 saturated heterocycles. The molecule has 0 aliphatic rings. The van der Waals surface area contributed by atoms with Gasteiger partial charge in [0.15, 0.2) is 0 Å². The van der Waals surface area contributed by atoms with E-state index in [9.17, 15) is 9.59 Å². The molecule has 9 heteroatoms. The molecule has 9 nitrogen and oxygen atoms in total. The number of benzene rings is 2. The van der Waals surface area contributed by atoms with Crippen LogP contribution in [-0.4, -0.2) is 39.0 Å². The Hall–Kier alpha value is -3.88. The summed E-state index contributed by atoms with van der Waals surface area (Å²) in [5, 5.41) is 6.69. The zero-order valence-electron chi connectivity index (χ0n) is 18.9. The third-order valence-electron chi connectivity index (χ3n) is 4.65. The third-order valence-corrected chi connectivity index (χ3v) is 4.65. The van der Waals surface area contributed by atoms with Gasteiger partial charge >= 0.3 is 12.1 Å². The average Bonchev–Trinajstić information content (AvgIpc) is 3.31. The molecule has 1 N–H and O–H groups in total. The summed E-state index contributed by atoms with van der Waals surface area (Å²) in [6.07, 6.45) is 0.526. The topological polar surface area (TPSA) is 105 Å². The van der Waals surface area contributed by atoms with Gasteiger partial charge in [-0.05, 0) is 44.0 Å². The molecule has 0 radical (unpaired) electrons. The molecule has 33 heavy (non-hydrogen) atoms. The van der Waals surface area contributed by atoms with Crippen LogP contribution >= 0.6 is 0 Å². The fourth-order valence-electron chi connectivity index (χ4n) is 2.98. The second-order valence-electron chi connectivity index (χ2n) is 7.71. The maximum atomic E-state index is 12.5. The van der Waals surface area contributed by atoms with E-state index in [1.54, 1.807) is 13.8 Å². The second kappa shape index (κ2) is 11.7. The van der Waals surface area contributed by atoms with Crippen molar-refractivity contribution >= 4 is 12.1 Å². The zero-order chi connectivity index (χ0) is 23.6. The maximum Gasteiger partial charge on any atom is 0.408 e. The molecule has 2 aromatic carbocycles. The highest BCUT2D eigenvalue weighted by molar-refractivity contribution is 5.79. The Bertz CT molecular complexity index is 1010.